The van der Waals surface area contributed by atoms with Crippen LogP contribution < -0.4 is 5.32 Å². The molecule has 2 heterocycles. The Bertz CT molecular complexity index is 212. The monoisotopic (exact) mass is 227 g/mol. The Hall–Kier alpha value is -0.160. The lowest BCUT2D eigenvalue weighted by Gasteiger charge is -2.27. The number of β-amino-alcohol motifs (C(OH)–C–C–N with tert-alkyl or cyclic N) is 1. The summed E-state index contributed by atoms with van der Waals surface area (Å²) < 4.78 is 0. The van der Waals surface area contributed by atoms with E-state index in [2.05, 4.69) is 15.1 Å². The molecular weight excluding hydrogens is 202 g/mol. The Morgan fingerprint density at radius 1 is 1.31 bits per heavy atom. The van der Waals surface area contributed by atoms with E-state index in [1.807, 2.05) is 7.05 Å². The van der Waals surface area contributed by atoms with E-state index in [-0.39, 0.29) is 6.10 Å². The Morgan fingerprint density at radius 2 is 2.12 bits per heavy atom. The quantitative estimate of drug-likeness (QED) is 0.694. The van der Waals surface area contributed by atoms with Crippen LogP contribution in [0.5, 0.6) is 0 Å². The molecule has 2 saturated heterocycles. The van der Waals surface area contributed by atoms with Gasteiger partial charge in [-0.2, -0.15) is 0 Å². The number of rotatable bonds is 4. The van der Waals surface area contributed by atoms with Crippen LogP contribution in [0.4, 0.5) is 0 Å². The van der Waals surface area contributed by atoms with Gasteiger partial charge in [0.1, 0.15) is 0 Å². The van der Waals surface area contributed by atoms with Gasteiger partial charge in [0.05, 0.1) is 6.10 Å². The molecule has 2 aliphatic rings. The Balaban J connectivity index is 1.81. The van der Waals surface area contributed by atoms with Crippen molar-refractivity contribution in [2.24, 2.45) is 0 Å². The van der Waals surface area contributed by atoms with E-state index in [4.69, 9.17) is 0 Å². The first-order valence-corrected chi connectivity index (χ1v) is 6.58. The van der Waals surface area contributed by atoms with Crippen LogP contribution in [0.1, 0.15) is 19.3 Å². The number of hydrogen-bond donors (Lipinski definition) is 2. The Kier molecular flexibility index (Phi) is 4.58. The molecule has 94 valence electrons. The summed E-state index contributed by atoms with van der Waals surface area (Å²) in [5.41, 5.74) is 0. The summed E-state index contributed by atoms with van der Waals surface area (Å²) in [7, 11) is 1.89. The zero-order chi connectivity index (χ0) is 11.4. The summed E-state index contributed by atoms with van der Waals surface area (Å²) in [6.07, 6.45) is 3.73. The summed E-state index contributed by atoms with van der Waals surface area (Å²) >= 11 is 0. The van der Waals surface area contributed by atoms with Gasteiger partial charge in [0.2, 0.25) is 0 Å². The first kappa shape index (κ1) is 12.3. The van der Waals surface area contributed by atoms with E-state index in [9.17, 15) is 5.11 Å². The van der Waals surface area contributed by atoms with Gasteiger partial charge in [-0.05, 0) is 45.9 Å². The standard InChI is InChI=1S/C12H25N3O/c1-13-8-12(16)10-14-5-3-7-15-6-2-4-11(15)9-14/h11-13,16H,2-10H2,1H3. The van der Waals surface area contributed by atoms with Crippen LogP contribution in [0.15, 0.2) is 0 Å². The molecular formula is C12H25N3O. The van der Waals surface area contributed by atoms with Crippen molar-refractivity contribution in [3.05, 3.63) is 0 Å². The molecule has 2 aliphatic heterocycles. The number of fused-ring (bicyclic) bond motifs is 1. The maximum atomic E-state index is 9.82. The number of hydrogen-bond acceptors (Lipinski definition) is 4. The van der Waals surface area contributed by atoms with E-state index in [0.717, 1.165) is 25.7 Å². The molecule has 0 amide bonds. The minimum Gasteiger partial charge on any atom is -0.390 e. The number of nitrogens with zero attached hydrogens (tertiary/aromatic N) is 2. The first-order chi connectivity index (χ1) is 7.79. The highest BCUT2D eigenvalue weighted by atomic mass is 16.3. The van der Waals surface area contributed by atoms with Crippen molar-refractivity contribution < 1.29 is 5.11 Å². The van der Waals surface area contributed by atoms with Crippen LogP contribution in [0, 0.1) is 0 Å². The van der Waals surface area contributed by atoms with Gasteiger partial charge in [-0.1, -0.05) is 0 Å². The molecule has 2 N–H and O–H groups in total. The highest BCUT2D eigenvalue weighted by Gasteiger charge is 2.28. The van der Waals surface area contributed by atoms with Gasteiger partial charge in [-0.25, -0.2) is 0 Å². The minimum absolute atomic E-state index is 0.224. The molecule has 2 rings (SSSR count). The average Bonchev–Trinajstić information content (AvgIpc) is 2.58. The molecule has 4 heteroatoms. The Morgan fingerprint density at radius 3 is 2.94 bits per heavy atom. The molecule has 0 aromatic carbocycles. The van der Waals surface area contributed by atoms with Crippen LogP contribution in [0.3, 0.4) is 0 Å². The van der Waals surface area contributed by atoms with Crippen LogP contribution in [0.25, 0.3) is 0 Å². The van der Waals surface area contributed by atoms with Crippen LogP contribution in [0.2, 0.25) is 0 Å². The third-order valence-corrected chi connectivity index (χ3v) is 3.80. The third kappa shape index (κ3) is 3.17. The highest BCUT2D eigenvalue weighted by Crippen LogP contribution is 2.21. The molecule has 0 bridgehead atoms. The maximum Gasteiger partial charge on any atom is 0.0791 e. The normalized spacial score (nSPS) is 30.0. The van der Waals surface area contributed by atoms with Crippen molar-refractivity contribution in [3.63, 3.8) is 0 Å². The average molecular weight is 227 g/mol. The molecule has 0 radical (unpaired) electrons. The van der Waals surface area contributed by atoms with Crippen molar-refractivity contribution in [1.29, 1.82) is 0 Å². The molecule has 0 saturated carbocycles. The lowest BCUT2D eigenvalue weighted by atomic mass is 10.2. The van der Waals surface area contributed by atoms with E-state index in [0.29, 0.717) is 6.54 Å². The van der Waals surface area contributed by atoms with Crippen molar-refractivity contribution in [2.75, 3.05) is 46.3 Å². The summed E-state index contributed by atoms with van der Waals surface area (Å²) in [4.78, 5) is 5.07. The summed E-state index contributed by atoms with van der Waals surface area (Å²) in [5, 5.41) is 12.8. The summed E-state index contributed by atoms with van der Waals surface area (Å²) in [6, 6.07) is 0.754. The lowest BCUT2D eigenvalue weighted by molar-refractivity contribution is 0.108. The van der Waals surface area contributed by atoms with Gasteiger partial charge in [-0.15, -0.1) is 0 Å². The zero-order valence-electron chi connectivity index (χ0n) is 10.4. The molecule has 2 unspecified atom stereocenters. The zero-order valence-corrected chi connectivity index (χ0v) is 10.4. The van der Waals surface area contributed by atoms with Crippen LogP contribution in [-0.2, 0) is 0 Å². The molecule has 0 aromatic heterocycles. The fourth-order valence-corrected chi connectivity index (χ4v) is 3.05. The minimum atomic E-state index is -0.224. The van der Waals surface area contributed by atoms with Crippen molar-refractivity contribution in [3.8, 4) is 0 Å². The number of aliphatic hydroxyl groups is 1. The number of nitrogens with one attached hydrogen (secondary N) is 1. The molecule has 16 heavy (non-hydrogen) atoms. The topological polar surface area (TPSA) is 38.7 Å². The second-order valence-corrected chi connectivity index (χ2v) is 5.16. The Labute approximate surface area is 98.6 Å². The molecule has 2 atom stereocenters. The highest BCUT2D eigenvalue weighted by molar-refractivity contribution is 4.85. The summed E-state index contributed by atoms with van der Waals surface area (Å²) in [6.45, 7) is 6.37. The van der Waals surface area contributed by atoms with Crippen molar-refractivity contribution in [1.82, 2.24) is 15.1 Å². The lowest BCUT2D eigenvalue weighted by Crippen LogP contribution is -2.42. The van der Waals surface area contributed by atoms with Crippen LogP contribution >= 0.6 is 0 Å². The predicted octanol–water partition coefficient (Wildman–Crippen LogP) is -0.263. The fraction of sp³-hybridized carbons (Fsp3) is 1.00. The van der Waals surface area contributed by atoms with E-state index >= 15 is 0 Å². The van der Waals surface area contributed by atoms with Gasteiger partial charge >= 0.3 is 0 Å². The maximum absolute atomic E-state index is 9.82. The molecule has 2 fully saturated rings. The van der Waals surface area contributed by atoms with Crippen molar-refractivity contribution in [2.45, 2.75) is 31.4 Å². The van der Waals surface area contributed by atoms with Gasteiger partial charge in [-0.3, -0.25) is 9.80 Å². The van der Waals surface area contributed by atoms with Gasteiger partial charge in [0.15, 0.2) is 0 Å². The third-order valence-electron chi connectivity index (χ3n) is 3.80. The molecule has 4 nitrogen and oxygen atoms in total. The molecule has 0 aromatic rings. The van der Waals surface area contributed by atoms with Crippen LogP contribution in [-0.4, -0.2) is 73.4 Å². The molecule has 0 aliphatic carbocycles. The molecule has 0 spiro atoms. The fourth-order valence-electron chi connectivity index (χ4n) is 3.05. The van der Waals surface area contributed by atoms with E-state index in [1.54, 1.807) is 0 Å². The number of aliphatic hydroxyl groups excluding tert-OH is 1. The second-order valence-electron chi connectivity index (χ2n) is 5.16. The van der Waals surface area contributed by atoms with E-state index in [1.165, 1.54) is 32.4 Å². The SMILES string of the molecule is CNCC(O)CN1CCCN2CCCC2C1. The van der Waals surface area contributed by atoms with E-state index < -0.39 is 0 Å². The number of likely N-dealkylation sites (N-methyl/N-ethyl adjacent to an activating group) is 1. The van der Waals surface area contributed by atoms with Gasteiger partial charge in [0, 0.05) is 25.7 Å². The largest absolute Gasteiger partial charge is 0.390 e. The smallest absolute Gasteiger partial charge is 0.0791 e. The summed E-state index contributed by atoms with van der Waals surface area (Å²) in [5.74, 6) is 0. The second kappa shape index (κ2) is 5.96. The van der Waals surface area contributed by atoms with Crippen molar-refractivity contribution >= 4 is 0 Å². The predicted molar refractivity (Wildman–Crippen MR) is 65.6 cm³/mol. The van der Waals surface area contributed by atoms with Gasteiger partial charge in [0.25, 0.3) is 0 Å². The first-order valence-electron chi connectivity index (χ1n) is 6.58. The van der Waals surface area contributed by atoms with Gasteiger partial charge < -0.3 is 10.4 Å².